The van der Waals surface area contributed by atoms with E-state index in [4.69, 9.17) is 9.47 Å². The number of carbonyl (C=O) groups is 1. The first kappa shape index (κ1) is 15.4. The maximum atomic E-state index is 12.5. The molecule has 1 aromatic carbocycles. The molecule has 0 N–H and O–H groups in total. The van der Waals surface area contributed by atoms with Gasteiger partial charge < -0.3 is 9.47 Å². The van der Waals surface area contributed by atoms with Crippen LogP contribution in [0, 0.1) is 0 Å². The highest BCUT2D eigenvalue weighted by Crippen LogP contribution is 2.42. The predicted molar refractivity (Wildman–Crippen MR) is 93.7 cm³/mol. The number of thiophene rings is 1. The first-order valence-corrected chi connectivity index (χ1v) is 8.95. The monoisotopic (exact) mass is 341 g/mol. The minimum Gasteiger partial charge on any atom is -0.478 e. The number of ether oxygens (including phenoxy) is 2. The number of hydrogen-bond acceptors (Lipinski definition) is 5. The second-order valence-corrected chi connectivity index (χ2v) is 7.37. The fourth-order valence-electron chi connectivity index (χ4n) is 3.09. The summed E-state index contributed by atoms with van der Waals surface area (Å²) in [6.45, 7) is 6.03. The largest absolute Gasteiger partial charge is 0.478 e. The Labute approximate surface area is 145 Å². The van der Waals surface area contributed by atoms with Crippen LogP contribution in [0.5, 0.6) is 11.5 Å². The second kappa shape index (κ2) is 6.07. The van der Waals surface area contributed by atoms with Crippen molar-refractivity contribution in [3.8, 4) is 11.5 Å². The average molecular weight is 341 g/mol. The summed E-state index contributed by atoms with van der Waals surface area (Å²) in [6, 6.07) is 7.94. The second-order valence-electron chi connectivity index (χ2n) is 6.33. The van der Waals surface area contributed by atoms with Gasteiger partial charge in [-0.25, -0.2) is 0 Å². The molecule has 0 aliphatic carbocycles. The van der Waals surface area contributed by atoms with Gasteiger partial charge in [0.25, 0.3) is 0 Å². The highest BCUT2D eigenvalue weighted by molar-refractivity contribution is 7.09. The van der Waals surface area contributed by atoms with Crippen molar-refractivity contribution < 1.29 is 14.3 Å². The molecule has 0 radical (unpaired) electrons. The molecule has 2 aliphatic rings. The van der Waals surface area contributed by atoms with Crippen LogP contribution in [0.4, 0.5) is 0 Å². The van der Waals surface area contributed by atoms with Crippen LogP contribution in [0.1, 0.15) is 34.6 Å². The molecule has 3 heterocycles. The molecule has 2 aromatic rings. The first-order chi connectivity index (χ1) is 11.6. The number of hydrogen-bond donors (Lipinski definition) is 0. The van der Waals surface area contributed by atoms with Crippen molar-refractivity contribution in [3.05, 3.63) is 57.0 Å². The number of rotatable bonds is 3. The summed E-state index contributed by atoms with van der Waals surface area (Å²) in [7, 11) is 0. The Hall–Kier alpha value is -2.11. The molecule has 0 saturated heterocycles. The third-order valence-electron chi connectivity index (χ3n) is 4.37. The van der Waals surface area contributed by atoms with Crippen molar-refractivity contribution in [1.82, 2.24) is 4.90 Å². The maximum absolute atomic E-state index is 12.5. The highest BCUT2D eigenvalue weighted by Gasteiger charge is 2.33. The summed E-state index contributed by atoms with van der Waals surface area (Å²) in [5, 5.41) is 2.10. The molecule has 5 heteroatoms. The molecule has 4 nitrogen and oxygen atoms in total. The van der Waals surface area contributed by atoms with E-state index < -0.39 is 0 Å². The Kier molecular flexibility index (Phi) is 3.90. The molecule has 0 saturated carbocycles. The van der Waals surface area contributed by atoms with Crippen LogP contribution in [-0.4, -0.2) is 24.0 Å². The average Bonchev–Trinajstić information content (AvgIpc) is 3.21. The summed E-state index contributed by atoms with van der Waals surface area (Å²) in [6.07, 6.45) is 1.00. The summed E-state index contributed by atoms with van der Waals surface area (Å²) in [5.74, 6) is 1.93. The van der Waals surface area contributed by atoms with Crippen molar-refractivity contribution in [2.45, 2.75) is 26.8 Å². The Morgan fingerprint density at radius 2 is 2.17 bits per heavy atom. The number of nitrogens with zero attached hydrogens (tertiary/aromatic N) is 1. The number of fused-ring (bicyclic) bond motifs is 3. The Morgan fingerprint density at radius 1 is 1.29 bits per heavy atom. The van der Waals surface area contributed by atoms with Gasteiger partial charge in [0, 0.05) is 18.0 Å². The van der Waals surface area contributed by atoms with Gasteiger partial charge in [0.2, 0.25) is 5.78 Å². The maximum Gasteiger partial charge on any atom is 0.231 e. The summed E-state index contributed by atoms with van der Waals surface area (Å²) >= 11 is 1.78. The van der Waals surface area contributed by atoms with Crippen LogP contribution in [-0.2, 0) is 13.0 Å². The molecule has 124 valence electrons. The number of carbonyl (C=O) groups excluding carboxylic acids is 1. The fraction of sp³-hybridized carbons (Fsp3) is 0.316. The Bertz CT molecular complexity index is 819. The van der Waals surface area contributed by atoms with E-state index in [1.165, 1.54) is 4.88 Å². The number of ketones is 1. The van der Waals surface area contributed by atoms with Crippen molar-refractivity contribution in [2.75, 3.05) is 13.3 Å². The molecule has 2 aliphatic heterocycles. The zero-order chi connectivity index (χ0) is 16.7. The van der Waals surface area contributed by atoms with Gasteiger partial charge in [-0.15, -0.1) is 11.3 Å². The lowest BCUT2D eigenvalue weighted by molar-refractivity contribution is 0.0951. The van der Waals surface area contributed by atoms with Crippen molar-refractivity contribution in [1.29, 1.82) is 0 Å². The van der Waals surface area contributed by atoms with Crippen molar-refractivity contribution in [2.24, 2.45) is 0 Å². The van der Waals surface area contributed by atoms with Crippen LogP contribution in [0.2, 0.25) is 0 Å². The zero-order valence-electron chi connectivity index (χ0n) is 13.8. The van der Waals surface area contributed by atoms with Crippen LogP contribution < -0.4 is 9.47 Å². The summed E-state index contributed by atoms with van der Waals surface area (Å²) < 4.78 is 11.8. The van der Waals surface area contributed by atoms with Crippen LogP contribution in [0.15, 0.2) is 41.0 Å². The van der Waals surface area contributed by atoms with E-state index >= 15 is 0 Å². The minimum absolute atomic E-state index is 0.0245. The third-order valence-corrected chi connectivity index (χ3v) is 5.30. The number of Topliss-reactive ketones (excluding diaryl/α,β-unsaturated/α-hetero) is 1. The van der Waals surface area contributed by atoms with Gasteiger partial charge >= 0.3 is 0 Å². The standard InChI is InChI=1S/C19H19NO3S/c1-12(2)18-17(21)14-5-6-16-15(19(14)23-18)10-20(11-22-16)8-7-13-4-3-9-24-13/h3-6,9H,7-8,10-11H2,1-2H3. The predicted octanol–water partition coefficient (Wildman–Crippen LogP) is 4.01. The van der Waals surface area contributed by atoms with Crippen LogP contribution >= 0.6 is 11.3 Å². The minimum atomic E-state index is -0.0245. The van der Waals surface area contributed by atoms with Crippen LogP contribution in [0.25, 0.3) is 0 Å². The van der Waals surface area contributed by atoms with Gasteiger partial charge in [-0.2, -0.15) is 0 Å². The van der Waals surface area contributed by atoms with Crippen molar-refractivity contribution in [3.63, 3.8) is 0 Å². The molecule has 24 heavy (non-hydrogen) atoms. The Morgan fingerprint density at radius 3 is 2.92 bits per heavy atom. The van der Waals surface area contributed by atoms with E-state index in [9.17, 15) is 4.79 Å². The van der Waals surface area contributed by atoms with E-state index in [2.05, 4.69) is 22.4 Å². The van der Waals surface area contributed by atoms with Gasteiger partial charge in [-0.1, -0.05) is 6.07 Å². The van der Waals surface area contributed by atoms with Crippen molar-refractivity contribution >= 4 is 17.1 Å². The van der Waals surface area contributed by atoms with E-state index in [-0.39, 0.29) is 5.78 Å². The molecule has 0 amide bonds. The zero-order valence-corrected chi connectivity index (χ0v) is 14.6. The topological polar surface area (TPSA) is 38.8 Å². The highest BCUT2D eigenvalue weighted by atomic mass is 32.1. The lowest BCUT2D eigenvalue weighted by Crippen LogP contribution is -2.33. The lowest BCUT2D eigenvalue weighted by Gasteiger charge is -2.29. The first-order valence-electron chi connectivity index (χ1n) is 8.07. The summed E-state index contributed by atoms with van der Waals surface area (Å²) in [4.78, 5) is 16.1. The summed E-state index contributed by atoms with van der Waals surface area (Å²) in [5.41, 5.74) is 2.53. The molecule has 1 aromatic heterocycles. The SMILES string of the molecule is CC(C)=C1Oc2c(ccc3c2CN(CCc2cccs2)CO3)C1=O. The molecule has 0 bridgehead atoms. The van der Waals surface area contributed by atoms with Gasteiger partial charge in [0.1, 0.15) is 18.2 Å². The van der Waals surface area contributed by atoms with E-state index in [0.29, 0.717) is 23.8 Å². The van der Waals surface area contributed by atoms with Gasteiger partial charge in [0.15, 0.2) is 5.76 Å². The lowest BCUT2D eigenvalue weighted by atomic mass is 10.0. The smallest absolute Gasteiger partial charge is 0.231 e. The molecular formula is C19H19NO3S. The molecule has 0 atom stereocenters. The fourth-order valence-corrected chi connectivity index (χ4v) is 3.78. The Balaban J connectivity index is 1.58. The van der Waals surface area contributed by atoms with E-state index in [0.717, 1.165) is 36.4 Å². The number of benzene rings is 1. The normalized spacial score (nSPS) is 16.4. The molecular weight excluding hydrogens is 322 g/mol. The van der Waals surface area contributed by atoms with E-state index in [1.54, 1.807) is 11.3 Å². The van der Waals surface area contributed by atoms with Gasteiger partial charge in [-0.05, 0) is 49.4 Å². The molecule has 0 unspecified atom stereocenters. The molecule has 0 spiro atoms. The van der Waals surface area contributed by atoms with Crippen LogP contribution in [0.3, 0.4) is 0 Å². The molecule has 4 rings (SSSR count). The number of allylic oxidation sites excluding steroid dienone is 2. The third kappa shape index (κ3) is 2.64. The van der Waals surface area contributed by atoms with E-state index in [1.807, 2.05) is 26.0 Å². The van der Waals surface area contributed by atoms with Gasteiger partial charge in [0.05, 0.1) is 11.1 Å². The quantitative estimate of drug-likeness (QED) is 0.791. The van der Waals surface area contributed by atoms with Gasteiger partial charge in [-0.3, -0.25) is 9.69 Å². The molecule has 0 fully saturated rings.